The third kappa shape index (κ3) is 2.29. The van der Waals surface area contributed by atoms with E-state index in [2.05, 4.69) is 30.3 Å². The Kier molecular flexibility index (Phi) is 3.12. The van der Waals surface area contributed by atoms with Crippen molar-refractivity contribution < 1.29 is 4.79 Å². The molecule has 0 saturated heterocycles. The Morgan fingerprint density at radius 3 is 2.11 bits per heavy atom. The molecule has 4 rings (SSSR count). The molecule has 0 heterocycles. The van der Waals surface area contributed by atoms with Crippen LogP contribution in [-0.4, -0.2) is 5.91 Å². The molecular formula is C17H23NO. The van der Waals surface area contributed by atoms with Gasteiger partial charge in [-0.25, -0.2) is 0 Å². The van der Waals surface area contributed by atoms with Crippen molar-refractivity contribution in [2.45, 2.75) is 56.8 Å². The summed E-state index contributed by atoms with van der Waals surface area (Å²) >= 11 is 0. The summed E-state index contributed by atoms with van der Waals surface area (Å²) in [6.45, 7) is 0. The van der Waals surface area contributed by atoms with Gasteiger partial charge in [0.05, 0.1) is 0 Å². The summed E-state index contributed by atoms with van der Waals surface area (Å²) in [6, 6.07) is 11.0. The summed E-state index contributed by atoms with van der Waals surface area (Å²) in [5.74, 6) is -0.139. The van der Waals surface area contributed by atoms with Crippen LogP contribution in [0.4, 0.5) is 0 Å². The lowest BCUT2D eigenvalue weighted by atomic mass is 9.51. The average Bonchev–Trinajstić information content (AvgIpc) is 2.48. The van der Waals surface area contributed by atoms with E-state index in [1.54, 1.807) is 0 Å². The number of rotatable bonds is 4. The highest BCUT2D eigenvalue weighted by molar-refractivity contribution is 5.73. The van der Waals surface area contributed by atoms with Crippen LogP contribution in [0.3, 0.4) is 0 Å². The maximum atomic E-state index is 11.0. The molecule has 3 saturated carbocycles. The SMILES string of the molecule is NC(=O)CCC12CCC(c3ccccc3)(CC1)CC2. The van der Waals surface area contributed by atoms with E-state index >= 15 is 0 Å². The quantitative estimate of drug-likeness (QED) is 0.880. The van der Waals surface area contributed by atoms with E-state index in [1.165, 1.54) is 44.1 Å². The summed E-state index contributed by atoms with van der Waals surface area (Å²) in [5, 5.41) is 0. The molecule has 19 heavy (non-hydrogen) atoms. The lowest BCUT2D eigenvalue weighted by molar-refractivity contribution is -0.119. The molecule has 3 aliphatic rings. The van der Waals surface area contributed by atoms with Gasteiger partial charge in [-0.05, 0) is 61.3 Å². The van der Waals surface area contributed by atoms with Crippen LogP contribution in [0.15, 0.2) is 30.3 Å². The van der Waals surface area contributed by atoms with Crippen LogP contribution in [-0.2, 0) is 10.2 Å². The molecule has 0 atom stereocenters. The smallest absolute Gasteiger partial charge is 0.217 e. The fourth-order valence-corrected chi connectivity index (χ4v) is 4.25. The molecule has 3 fully saturated rings. The van der Waals surface area contributed by atoms with Crippen LogP contribution < -0.4 is 5.73 Å². The minimum atomic E-state index is -0.139. The van der Waals surface area contributed by atoms with Crippen molar-refractivity contribution in [2.75, 3.05) is 0 Å². The van der Waals surface area contributed by atoms with Gasteiger partial charge in [0.25, 0.3) is 0 Å². The van der Waals surface area contributed by atoms with Gasteiger partial charge >= 0.3 is 0 Å². The van der Waals surface area contributed by atoms with Gasteiger partial charge in [0, 0.05) is 6.42 Å². The van der Waals surface area contributed by atoms with Crippen LogP contribution in [0, 0.1) is 5.41 Å². The maximum absolute atomic E-state index is 11.0. The molecule has 0 radical (unpaired) electrons. The molecule has 3 aliphatic carbocycles. The maximum Gasteiger partial charge on any atom is 0.217 e. The number of primary amides is 1. The second-order valence-corrected chi connectivity index (χ2v) is 6.61. The highest BCUT2D eigenvalue weighted by Crippen LogP contribution is 2.59. The fourth-order valence-electron chi connectivity index (χ4n) is 4.25. The third-order valence-corrected chi connectivity index (χ3v) is 5.69. The Morgan fingerprint density at radius 1 is 1.00 bits per heavy atom. The number of hydrogen-bond donors (Lipinski definition) is 1. The lowest BCUT2D eigenvalue weighted by Gasteiger charge is -2.54. The fraction of sp³-hybridized carbons (Fsp3) is 0.588. The third-order valence-electron chi connectivity index (χ3n) is 5.69. The van der Waals surface area contributed by atoms with Gasteiger partial charge < -0.3 is 5.73 Å². The van der Waals surface area contributed by atoms with Gasteiger partial charge in [-0.3, -0.25) is 4.79 Å². The van der Waals surface area contributed by atoms with Crippen molar-refractivity contribution in [3.8, 4) is 0 Å². The van der Waals surface area contributed by atoms with Crippen LogP contribution in [0.2, 0.25) is 0 Å². The molecule has 2 N–H and O–H groups in total. The molecule has 0 unspecified atom stereocenters. The van der Waals surface area contributed by atoms with E-state index < -0.39 is 0 Å². The molecule has 0 aromatic heterocycles. The number of carbonyl (C=O) groups excluding carboxylic acids is 1. The number of benzene rings is 1. The highest BCUT2D eigenvalue weighted by atomic mass is 16.1. The summed E-state index contributed by atoms with van der Waals surface area (Å²) < 4.78 is 0. The minimum absolute atomic E-state index is 0.139. The average molecular weight is 257 g/mol. The van der Waals surface area contributed by atoms with E-state index in [0.29, 0.717) is 17.3 Å². The molecule has 1 aromatic rings. The Hall–Kier alpha value is -1.31. The molecule has 0 spiro atoms. The van der Waals surface area contributed by atoms with E-state index in [0.717, 1.165) is 6.42 Å². The predicted molar refractivity (Wildman–Crippen MR) is 76.7 cm³/mol. The van der Waals surface area contributed by atoms with Crippen LogP contribution in [0.1, 0.15) is 56.9 Å². The lowest BCUT2D eigenvalue weighted by Crippen LogP contribution is -2.44. The summed E-state index contributed by atoms with van der Waals surface area (Å²) in [7, 11) is 0. The number of amides is 1. The first-order valence-corrected chi connectivity index (χ1v) is 7.48. The van der Waals surface area contributed by atoms with Crippen molar-refractivity contribution in [3.63, 3.8) is 0 Å². The largest absolute Gasteiger partial charge is 0.370 e. The van der Waals surface area contributed by atoms with Crippen LogP contribution in [0.25, 0.3) is 0 Å². The minimum Gasteiger partial charge on any atom is -0.370 e. The Labute approximate surface area is 115 Å². The molecule has 1 amide bonds. The predicted octanol–water partition coefficient (Wildman–Crippen LogP) is 3.54. The first-order valence-electron chi connectivity index (χ1n) is 7.48. The van der Waals surface area contributed by atoms with Gasteiger partial charge in [-0.2, -0.15) is 0 Å². The molecule has 0 aliphatic heterocycles. The molecule has 2 bridgehead atoms. The zero-order chi connectivity index (χ0) is 13.3. The number of nitrogens with two attached hydrogens (primary N) is 1. The topological polar surface area (TPSA) is 43.1 Å². The van der Waals surface area contributed by atoms with Crippen molar-refractivity contribution in [1.29, 1.82) is 0 Å². The van der Waals surface area contributed by atoms with Crippen LogP contribution in [0.5, 0.6) is 0 Å². The van der Waals surface area contributed by atoms with Gasteiger partial charge in [-0.1, -0.05) is 30.3 Å². The first kappa shape index (κ1) is 12.7. The summed E-state index contributed by atoms with van der Waals surface area (Å²) in [6.07, 6.45) is 9.26. The number of hydrogen-bond acceptors (Lipinski definition) is 1. The number of fused-ring (bicyclic) bond motifs is 3. The Balaban J connectivity index is 1.73. The van der Waals surface area contributed by atoms with Crippen LogP contribution >= 0.6 is 0 Å². The molecular weight excluding hydrogens is 234 g/mol. The van der Waals surface area contributed by atoms with Gasteiger partial charge in [0.15, 0.2) is 0 Å². The van der Waals surface area contributed by atoms with Crippen molar-refractivity contribution in [1.82, 2.24) is 0 Å². The normalized spacial score (nSPS) is 33.3. The van der Waals surface area contributed by atoms with E-state index in [4.69, 9.17) is 5.73 Å². The number of carbonyl (C=O) groups is 1. The Bertz CT molecular complexity index is 441. The van der Waals surface area contributed by atoms with Gasteiger partial charge in [0.2, 0.25) is 5.91 Å². The van der Waals surface area contributed by atoms with Gasteiger partial charge in [0.1, 0.15) is 0 Å². The summed E-state index contributed by atoms with van der Waals surface area (Å²) in [5.41, 5.74) is 7.69. The van der Waals surface area contributed by atoms with E-state index in [-0.39, 0.29) is 5.91 Å². The van der Waals surface area contributed by atoms with Gasteiger partial charge in [-0.15, -0.1) is 0 Å². The molecule has 102 valence electrons. The highest BCUT2D eigenvalue weighted by Gasteiger charge is 2.48. The van der Waals surface area contributed by atoms with Crippen molar-refractivity contribution in [3.05, 3.63) is 35.9 Å². The molecule has 2 heteroatoms. The van der Waals surface area contributed by atoms with E-state index in [9.17, 15) is 4.79 Å². The second-order valence-electron chi connectivity index (χ2n) is 6.61. The van der Waals surface area contributed by atoms with Crippen molar-refractivity contribution >= 4 is 5.91 Å². The summed E-state index contributed by atoms with van der Waals surface area (Å²) in [4.78, 5) is 11.0. The monoisotopic (exact) mass is 257 g/mol. The second kappa shape index (κ2) is 4.66. The molecule has 1 aromatic carbocycles. The van der Waals surface area contributed by atoms with Crippen molar-refractivity contribution in [2.24, 2.45) is 11.1 Å². The standard InChI is InChI=1S/C17H23NO/c18-15(19)6-7-16-8-11-17(12-9-16,13-10-16)14-4-2-1-3-5-14/h1-5H,6-13H2,(H2,18,19). The zero-order valence-electron chi connectivity index (χ0n) is 11.5. The zero-order valence-corrected chi connectivity index (χ0v) is 11.5. The Morgan fingerprint density at radius 2 is 1.58 bits per heavy atom. The molecule has 2 nitrogen and oxygen atoms in total. The first-order chi connectivity index (χ1) is 9.14. The van der Waals surface area contributed by atoms with E-state index in [1.807, 2.05) is 0 Å².